The summed E-state index contributed by atoms with van der Waals surface area (Å²) in [6.07, 6.45) is 3.72. The lowest BCUT2D eigenvalue weighted by Crippen LogP contribution is -2.40. The van der Waals surface area contributed by atoms with E-state index < -0.39 is 9.84 Å². The van der Waals surface area contributed by atoms with Crippen molar-refractivity contribution < 1.29 is 8.42 Å². The topological polar surface area (TPSA) is 49.4 Å². The Morgan fingerprint density at radius 3 is 2.44 bits per heavy atom. The SMILES string of the molecule is CC(CS(C)(=O)=O)N(C)CC1CCNCC1. The predicted octanol–water partition coefficient (Wildman–Crippen LogP) is 0.351. The van der Waals surface area contributed by atoms with Gasteiger partial charge in [-0.05, 0) is 45.8 Å². The maximum Gasteiger partial charge on any atom is 0.148 e. The summed E-state index contributed by atoms with van der Waals surface area (Å²) in [5.74, 6) is 0.974. The van der Waals surface area contributed by atoms with Crippen LogP contribution in [0.4, 0.5) is 0 Å². The van der Waals surface area contributed by atoms with E-state index >= 15 is 0 Å². The second-order valence-electron chi connectivity index (χ2n) is 5.07. The predicted molar refractivity (Wildman–Crippen MR) is 67.4 cm³/mol. The fraction of sp³-hybridized carbons (Fsp3) is 1.00. The van der Waals surface area contributed by atoms with Crippen LogP contribution in [0.15, 0.2) is 0 Å². The van der Waals surface area contributed by atoms with E-state index in [0.717, 1.165) is 19.6 Å². The quantitative estimate of drug-likeness (QED) is 0.763. The summed E-state index contributed by atoms with van der Waals surface area (Å²) in [6, 6.07) is 0.116. The van der Waals surface area contributed by atoms with E-state index in [-0.39, 0.29) is 11.8 Å². The van der Waals surface area contributed by atoms with Crippen molar-refractivity contribution in [2.75, 3.05) is 38.7 Å². The highest BCUT2D eigenvalue weighted by atomic mass is 32.2. The molecule has 1 atom stereocenters. The fourth-order valence-electron chi connectivity index (χ4n) is 2.22. The third-order valence-electron chi connectivity index (χ3n) is 3.30. The molecule has 1 aliphatic rings. The highest BCUT2D eigenvalue weighted by Gasteiger charge is 2.20. The van der Waals surface area contributed by atoms with Crippen LogP contribution in [0.1, 0.15) is 19.8 Å². The van der Waals surface area contributed by atoms with Gasteiger partial charge in [0.2, 0.25) is 0 Å². The Balaban J connectivity index is 2.35. The molecule has 1 fully saturated rings. The van der Waals surface area contributed by atoms with Crippen LogP contribution in [0.3, 0.4) is 0 Å². The molecule has 96 valence electrons. The highest BCUT2D eigenvalue weighted by molar-refractivity contribution is 7.90. The Morgan fingerprint density at radius 2 is 1.94 bits per heavy atom. The normalized spacial score (nSPS) is 21.2. The van der Waals surface area contributed by atoms with Crippen LogP contribution in [0, 0.1) is 5.92 Å². The van der Waals surface area contributed by atoms with Crippen molar-refractivity contribution in [3.05, 3.63) is 0 Å². The van der Waals surface area contributed by atoms with Crippen LogP contribution in [0.5, 0.6) is 0 Å². The molecule has 5 heteroatoms. The summed E-state index contributed by atoms with van der Waals surface area (Å²) in [5.41, 5.74) is 0. The lowest BCUT2D eigenvalue weighted by Gasteiger charge is -2.30. The molecule has 0 spiro atoms. The second-order valence-corrected chi connectivity index (χ2v) is 7.26. The Morgan fingerprint density at radius 1 is 1.38 bits per heavy atom. The van der Waals surface area contributed by atoms with E-state index in [4.69, 9.17) is 0 Å². The van der Waals surface area contributed by atoms with Gasteiger partial charge < -0.3 is 10.2 Å². The molecule has 0 aromatic rings. The smallest absolute Gasteiger partial charge is 0.148 e. The molecule has 4 nitrogen and oxygen atoms in total. The first-order valence-corrected chi connectivity index (χ1v) is 8.03. The number of nitrogens with zero attached hydrogens (tertiary/aromatic N) is 1. The van der Waals surface area contributed by atoms with Gasteiger partial charge in [-0.15, -0.1) is 0 Å². The Kier molecular flexibility index (Phi) is 5.21. The van der Waals surface area contributed by atoms with Crippen LogP contribution in [-0.4, -0.2) is 58.1 Å². The van der Waals surface area contributed by atoms with Gasteiger partial charge in [-0.25, -0.2) is 8.42 Å². The summed E-state index contributed by atoms with van der Waals surface area (Å²) in [4.78, 5) is 2.18. The Bertz CT molecular complexity index is 297. The van der Waals surface area contributed by atoms with E-state index in [1.54, 1.807) is 0 Å². The van der Waals surface area contributed by atoms with Crippen molar-refractivity contribution in [3.63, 3.8) is 0 Å². The molecule has 0 amide bonds. The zero-order valence-electron chi connectivity index (χ0n) is 10.6. The van der Waals surface area contributed by atoms with Gasteiger partial charge in [-0.1, -0.05) is 0 Å². The maximum atomic E-state index is 11.2. The summed E-state index contributed by atoms with van der Waals surface area (Å²) < 4.78 is 22.4. The van der Waals surface area contributed by atoms with E-state index in [2.05, 4.69) is 10.2 Å². The molecule has 0 saturated carbocycles. The van der Waals surface area contributed by atoms with Gasteiger partial charge in [0.05, 0.1) is 5.75 Å². The van der Waals surface area contributed by atoms with Gasteiger partial charge in [0.1, 0.15) is 9.84 Å². The van der Waals surface area contributed by atoms with Gasteiger partial charge in [-0.3, -0.25) is 0 Å². The van der Waals surface area contributed by atoms with Gasteiger partial charge in [0.15, 0.2) is 0 Å². The first-order chi connectivity index (χ1) is 7.38. The van der Waals surface area contributed by atoms with E-state index in [0.29, 0.717) is 5.92 Å². The molecule has 1 rings (SSSR count). The fourth-order valence-corrected chi connectivity index (χ4v) is 3.35. The molecule has 0 radical (unpaired) electrons. The highest BCUT2D eigenvalue weighted by Crippen LogP contribution is 2.14. The van der Waals surface area contributed by atoms with Crippen LogP contribution < -0.4 is 5.32 Å². The minimum absolute atomic E-state index is 0.116. The molecule has 16 heavy (non-hydrogen) atoms. The third kappa shape index (κ3) is 5.27. The first kappa shape index (κ1) is 13.9. The zero-order chi connectivity index (χ0) is 12.2. The molecule has 0 bridgehead atoms. The van der Waals surface area contributed by atoms with Crippen LogP contribution in [0.25, 0.3) is 0 Å². The minimum Gasteiger partial charge on any atom is -0.317 e. The molecular weight excluding hydrogens is 224 g/mol. The maximum absolute atomic E-state index is 11.2. The number of sulfone groups is 1. The van der Waals surface area contributed by atoms with E-state index in [9.17, 15) is 8.42 Å². The van der Waals surface area contributed by atoms with Crippen LogP contribution >= 0.6 is 0 Å². The zero-order valence-corrected chi connectivity index (χ0v) is 11.4. The van der Waals surface area contributed by atoms with Crippen LogP contribution in [-0.2, 0) is 9.84 Å². The Labute approximate surface area is 99.3 Å². The van der Waals surface area contributed by atoms with E-state index in [1.807, 2.05) is 14.0 Å². The lowest BCUT2D eigenvalue weighted by atomic mass is 9.97. The van der Waals surface area contributed by atoms with Gasteiger partial charge in [0.25, 0.3) is 0 Å². The van der Waals surface area contributed by atoms with Crippen LogP contribution in [0.2, 0.25) is 0 Å². The average molecular weight is 248 g/mol. The van der Waals surface area contributed by atoms with E-state index in [1.165, 1.54) is 19.1 Å². The summed E-state index contributed by atoms with van der Waals surface area (Å²) in [6.45, 7) is 5.19. The average Bonchev–Trinajstić information content (AvgIpc) is 2.16. The molecule has 0 aromatic heterocycles. The molecule has 0 aliphatic carbocycles. The van der Waals surface area contributed by atoms with Crippen molar-refractivity contribution >= 4 is 9.84 Å². The molecule has 1 heterocycles. The number of hydrogen-bond acceptors (Lipinski definition) is 4. The van der Waals surface area contributed by atoms with Crippen molar-refractivity contribution in [3.8, 4) is 0 Å². The molecule has 1 N–H and O–H groups in total. The monoisotopic (exact) mass is 248 g/mol. The number of nitrogens with one attached hydrogen (secondary N) is 1. The molecular formula is C11H24N2O2S. The number of piperidine rings is 1. The minimum atomic E-state index is -2.86. The number of rotatable bonds is 5. The van der Waals surface area contributed by atoms with Crippen molar-refractivity contribution in [1.82, 2.24) is 10.2 Å². The summed E-state index contributed by atoms with van der Waals surface area (Å²) >= 11 is 0. The Hall–Kier alpha value is -0.130. The molecule has 0 aromatic carbocycles. The summed E-state index contributed by atoms with van der Waals surface area (Å²) in [7, 11) is -0.838. The van der Waals surface area contributed by atoms with Gasteiger partial charge >= 0.3 is 0 Å². The van der Waals surface area contributed by atoms with Gasteiger partial charge in [-0.2, -0.15) is 0 Å². The largest absolute Gasteiger partial charge is 0.317 e. The first-order valence-electron chi connectivity index (χ1n) is 5.97. The van der Waals surface area contributed by atoms with Crippen molar-refractivity contribution in [2.45, 2.75) is 25.8 Å². The van der Waals surface area contributed by atoms with Crippen molar-refractivity contribution in [2.24, 2.45) is 5.92 Å². The summed E-state index contributed by atoms with van der Waals surface area (Å²) in [5, 5.41) is 3.34. The molecule has 1 saturated heterocycles. The van der Waals surface area contributed by atoms with Gasteiger partial charge in [0, 0.05) is 18.8 Å². The molecule has 1 unspecified atom stereocenters. The number of hydrogen-bond donors (Lipinski definition) is 1. The lowest BCUT2D eigenvalue weighted by molar-refractivity contribution is 0.206. The third-order valence-corrected chi connectivity index (χ3v) is 4.39. The second kappa shape index (κ2) is 5.98. The molecule has 1 aliphatic heterocycles. The van der Waals surface area contributed by atoms with Crippen molar-refractivity contribution in [1.29, 1.82) is 0 Å². The standard InChI is InChI=1S/C11H24N2O2S/c1-10(9-16(3,14)15)13(2)8-11-4-6-12-7-5-11/h10-12H,4-9H2,1-3H3.